The van der Waals surface area contributed by atoms with Gasteiger partial charge in [0.2, 0.25) is 5.91 Å². The molecule has 1 amide bonds. The minimum absolute atomic E-state index is 0.0713. The molecule has 0 heterocycles. The topological polar surface area (TPSA) is 99.7 Å². The number of nitrogens with zero attached hydrogens (tertiary/aromatic N) is 1. The Labute approximate surface area is 109 Å². The van der Waals surface area contributed by atoms with Crippen molar-refractivity contribution in [3.8, 4) is 0 Å². The van der Waals surface area contributed by atoms with E-state index >= 15 is 0 Å². The van der Waals surface area contributed by atoms with Crippen LogP contribution in [0.1, 0.15) is 40.0 Å². The highest BCUT2D eigenvalue weighted by Gasteiger charge is 2.22. The fourth-order valence-electron chi connectivity index (χ4n) is 1.53. The lowest BCUT2D eigenvalue weighted by atomic mass is 9.86. The number of carbonyl (C=O) groups excluding carboxylic acids is 1. The van der Waals surface area contributed by atoms with E-state index in [0.29, 0.717) is 19.5 Å². The smallest absolute Gasteiger partial charge is 0.221 e. The third kappa shape index (κ3) is 7.11. The number of carbonyl (C=O) groups is 1. The molecular weight excluding hydrogens is 232 g/mol. The molecule has 0 aliphatic carbocycles. The summed E-state index contributed by atoms with van der Waals surface area (Å²) in [5.41, 5.74) is 5.30. The average Bonchev–Trinajstić information content (AvgIpc) is 2.32. The minimum Gasteiger partial charge on any atom is -0.409 e. The van der Waals surface area contributed by atoms with E-state index in [4.69, 9.17) is 10.9 Å². The Bertz CT molecular complexity index is 277. The first-order valence-electron chi connectivity index (χ1n) is 6.39. The largest absolute Gasteiger partial charge is 0.409 e. The Morgan fingerprint density at radius 2 is 2.06 bits per heavy atom. The van der Waals surface area contributed by atoms with Gasteiger partial charge in [0, 0.05) is 24.9 Å². The van der Waals surface area contributed by atoms with Crippen molar-refractivity contribution in [3.05, 3.63) is 0 Å². The summed E-state index contributed by atoms with van der Waals surface area (Å²) in [5.74, 6) is 0.326. The molecule has 0 fully saturated rings. The lowest BCUT2D eigenvalue weighted by Gasteiger charge is -2.22. The predicted octanol–water partition coefficient (Wildman–Crippen LogP) is 0.655. The van der Waals surface area contributed by atoms with Crippen LogP contribution in [0.4, 0.5) is 0 Å². The molecule has 0 aliphatic rings. The second-order valence-corrected chi connectivity index (χ2v) is 4.93. The second kappa shape index (κ2) is 8.74. The van der Waals surface area contributed by atoms with Crippen LogP contribution in [-0.2, 0) is 4.79 Å². The van der Waals surface area contributed by atoms with Gasteiger partial charge in [-0.15, -0.1) is 0 Å². The lowest BCUT2D eigenvalue weighted by Crippen LogP contribution is -2.33. The molecule has 0 aromatic rings. The second-order valence-electron chi connectivity index (χ2n) is 4.93. The number of oxime groups is 1. The van der Waals surface area contributed by atoms with Crippen LogP contribution in [-0.4, -0.2) is 36.6 Å². The zero-order chi connectivity index (χ0) is 14.0. The van der Waals surface area contributed by atoms with Gasteiger partial charge in [0.15, 0.2) is 0 Å². The average molecular weight is 258 g/mol. The van der Waals surface area contributed by atoms with Crippen molar-refractivity contribution < 1.29 is 10.0 Å². The summed E-state index contributed by atoms with van der Waals surface area (Å²) in [6.07, 6.45) is 2.24. The quantitative estimate of drug-likeness (QED) is 0.160. The van der Waals surface area contributed by atoms with E-state index in [2.05, 4.69) is 15.8 Å². The van der Waals surface area contributed by atoms with Crippen LogP contribution in [0, 0.1) is 5.41 Å². The van der Waals surface area contributed by atoms with Crippen molar-refractivity contribution >= 4 is 11.7 Å². The first-order chi connectivity index (χ1) is 8.44. The Morgan fingerprint density at radius 3 is 2.61 bits per heavy atom. The molecule has 0 aliphatic heterocycles. The highest BCUT2D eigenvalue weighted by atomic mass is 16.4. The molecule has 0 spiro atoms. The fraction of sp³-hybridized carbons (Fsp3) is 0.833. The molecule has 0 rings (SSSR count). The summed E-state index contributed by atoms with van der Waals surface area (Å²) in [6, 6.07) is 0. The number of amidine groups is 1. The molecule has 0 radical (unpaired) electrons. The van der Waals surface area contributed by atoms with E-state index in [-0.39, 0.29) is 17.2 Å². The number of rotatable bonds is 9. The van der Waals surface area contributed by atoms with E-state index in [1.54, 1.807) is 0 Å². The number of hydrogen-bond acceptors (Lipinski definition) is 4. The Kier molecular flexibility index (Phi) is 8.11. The van der Waals surface area contributed by atoms with Crippen LogP contribution in [0.5, 0.6) is 0 Å². The van der Waals surface area contributed by atoms with Gasteiger partial charge in [0.1, 0.15) is 5.84 Å². The molecule has 0 saturated heterocycles. The molecule has 106 valence electrons. The maximum Gasteiger partial charge on any atom is 0.221 e. The van der Waals surface area contributed by atoms with Crippen LogP contribution in [0.3, 0.4) is 0 Å². The molecule has 0 saturated carbocycles. The van der Waals surface area contributed by atoms with Crippen LogP contribution < -0.4 is 16.4 Å². The van der Waals surface area contributed by atoms with Crippen molar-refractivity contribution in [2.24, 2.45) is 16.3 Å². The molecule has 0 bridgehead atoms. The van der Waals surface area contributed by atoms with Gasteiger partial charge in [0.05, 0.1) is 0 Å². The van der Waals surface area contributed by atoms with E-state index in [1.807, 2.05) is 20.8 Å². The summed E-state index contributed by atoms with van der Waals surface area (Å²) in [6.45, 7) is 7.96. The molecule has 6 nitrogen and oxygen atoms in total. The molecular formula is C12H26N4O2. The Hall–Kier alpha value is -1.30. The molecule has 0 aromatic heterocycles. The third-order valence-corrected chi connectivity index (χ3v) is 2.86. The van der Waals surface area contributed by atoms with Gasteiger partial charge in [-0.1, -0.05) is 19.0 Å². The van der Waals surface area contributed by atoms with Crippen LogP contribution >= 0.6 is 0 Å². The summed E-state index contributed by atoms with van der Waals surface area (Å²) in [7, 11) is 0. The number of nitrogens with one attached hydrogen (secondary N) is 2. The molecule has 0 unspecified atom stereocenters. The minimum atomic E-state index is -0.296. The van der Waals surface area contributed by atoms with Crippen molar-refractivity contribution in [2.45, 2.75) is 40.0 Å². The van der Waals surface area contributed by atoms with Gasteiger partial charge in [-0.3, -0.25) is 4.79 Å². The summed E-state index contributed by atoms with van der Waals surface area (Å²) in [5, 5.41) is 17.6. The molecule has 18 heavy (non-hydrogen) atoms. The number of amides is 1. The van der Waals surface area contributed by atoms with Crippen molar-refractivity contribution in [1.29, 1.82) is 0 Å². The lowest BCUT2D eigenvalue weighted by molar-refractivity contribution is -0.120. The van der Waals surface area contributed by atoms with E-state index in [1.165, 1.54) is 0 Å². The highest BCUT2D eigenvalue weighted by Crippen LogP contribution is 2.21. The zero-order valence-electron chi connectivity index (χ0n) is 11.6. The molecule has 5 N–H and O–H groups in total. The SMILES string of the molecule is CCNC(=O)CCNCCCC(C)(C)C(N)=NO. The van der Waals surface area contributed by atoms with Gasteiger partial charge in [-0.05, 0) is 26.3 Å². The van der Waals surface area contributed by atoms with Crippen LogP contribution in [0.15, 0.2) is 5.16 Å². The van der Waals surface area contributed by atoms with Gasteiger partial charge in [0.25, 0.3) is 0 Å². The van der Waals surface area contributed by atoms with Crippen molar-refractivity contribution in [3.63, 3.8) is 0 Å². The number of hydrogen-bond donors (Lipinski definition) is 4. The monoisotopic (exact) mass is 258 g/mol. The maximum atomic E-state index is 11.2. The molecule has 0 aromatic carbocycles. The van der Waals surface area contributed by atoms with Crippen molar-refractivity contribution in [2.75, 3.05) is 19.6 Å². The summed E-state index contributed by atoms with van der Waals surface area (Å²) >= 11 is 0. The third-order valence-electron chi connectivity index (χ3n) is 2.86. The Balaban J connectivity index is 3.60. The first kappa shape index (κ1) is 16.7. The van der Waals surface area contributed by atoms with Crippen LogP contribution in [0.2, 0.25) is 0 Å². The van der Waals surface area contributed by atoms with Crippen LogP contribution in [0.25, 0.3) is 0 Å². The first-order valence-corrected chi connectivity index (χ1v) is 6.39. The Morgan fingerprint density at radius 1 is 1.39 bits per heavy atom. The zero-order valence-corrected chi connectivity index (χ0v) is 11.6. The van der Waals surface area contributed by atoms with Gasteiger partial charge >= 0.3 is 0 Å². The highest BCUT2D eigenvalue weighted by molar-refractivity contribution is 5.85. The van der Waals surface area contributed by atoms with Gasteiger partial charge in [-0.2, -0.15) is 0 Å². The molecule has 0 atom stereocenters. The van der Waals surface area contributed by atoms with E-state index in [9.17, 15) is 4.79 Å². The van der Waals surface area contributed by atoms with E-state index in [0.717, 1.165) is 19.4 Å². The normalized spacial score (nSPS) is 12.5. The van der Waals surface area contributed by atoms with Gasteiger partial charge in [-0.25, -0.2) is 0 Å². The van der Waals surface area contributed by atoms with Crippen molar-refractivity contribution in [1.82, 2.24) is 10.6 Å². The predicted molar refractivity (Wildman–Crippen MR) is 72.6 cm³/mol. The summed E-state index contributed by atoms with van der Waals surface area (Å²) < 4.78 is 0. The van der Waals surface area contributed by atoms with Gasteiger partial charge < -0.3 is 21.6 Å². The standard InChI is InChI=1S/C12H26N4O2/c1-4-15-10(17)6-9-14-8-5-7-12(2,3)11(13)16-18/h14,18H,4-9H2,1-3H3,(H2,13,16)(H,15,17). The molecule has 6 heteroatoms. The van der Waals surface area contributed by atoms with E-state index < -0.39 is 0 Å². The maximum absolute atomic E-state index is 11.2. The summed E-state index contributed by atoms with van der Waals surface area (Å²) in [4.78, 5) is 11.2. The fourth-order valence-corrected chi connectivity index (χ4v) is 1.53. The number of nitrogens with two attached hydrogens (primary N) is 1.